The predicted molar refractivity (Wildman–Crippen MR) is 150 cm³/mol. The molecule has 1 N–H and O–H groups in total. The number of H-pyrrole nitrogens is 1. The van der Waals surface area contributed by atoms with E-state index in [0.717, 1.165) is 47.2 Å². The number of anilines is 1. The molecule has 41 heavy (non-hydrogen) atoms. The molecule has 208 valence electrons. The third-order valence-electron chi connectivity index (χ3n) is 7.96. The van der Waals surface area contributed by atoms with E-state index in [2.05, 4.69) is 48.1 Å². The van der Waals surface area contributed by atoms with Crippen LogP contribution in [0.25, 0.3) is 17.3 Å². The molecular weight excluding hydrogens is 521 g/mol. The fourth-order valence-corrected chi connectivity index (χ4v) is 6.03. The average Bonchev–Trinajstić information content (AvgIpc) is 3.60. The molecule has 11 nitrogen and oxygen atoms in total. The third-order valence-corrected chi connectivity index (χ3v) is 7.96. The number of piperazine rings is 1. The molecule has 2 bridgehead atoms. The molecule has 3 aliphatic rings. The van der Waals surface area contributed by atoms with Crippen molar-refractivity contribution in [2.45, 2.75) is 51.7 Å². The maximum absolute atomic E-state index is 13.3. The first-order valence-electron chi connectivity index (χ1n) is 13.8. The number of piperidine rings is 1. The highest BCUT2D eigenvalue weighted by atomic mass is 19.1. The van der Waals surface area contributed by atoms with Crippen molar-refractivity contribution in [3.63, 3.8) is 0 Å². The van der Waals surface area contributed by atoms with E-state index in [1.807, 2.05) is 44.4 Å². The van der Waals surface area contributed by atoms with Crippen LogP contribution in [0.1, 0.15) is 47.7 Å². The van der Waals surface area contributed by atoms with Crippen molar-refractivity contribution in [1.82, 2.24) is 49.8 Å². The molecule has 3 fully saturated rings. The zero-order valence-corrected chi connectivity index (χ0v) is 23.1. The van der Waals surface area contributed by atoms with Crippen molar-refractivity contribution in [2.24, 2.45) is 0 Å². The Morgan fingerprint density at radius 1 is 0.951 bits per heavy atom. The molecule has 0 aromatic carbocycles. The molecule has 3 aliphatic heterocycles. The summed E-state index contributed by atoms with van der Waals surface area (Å²) < 4.78 is 14.8. The maximum atomic E-state index is 13.3. The van der Waals surface area contributed by atoms with Crippen LogP contribution >= 0.6 is 0 Å². The number of halogens is 1. The number of rotatable bonds is 7. The second-order valence-corrected chi connectivity index (χ2v) is 10.9. The Morgan fingerprint density at radius 2 is 1.78 bits per heavy atom. The zero-order valence-electron chi connectivity index (χ0n) is 23.1. The van der Waals surface area contributed by atoms with Crippen LogP contribution < -0.4 is 4.90 Å². The van der Waals surface area contributed by atoms with E-state index in [4.69, 9.17) is 15.0 Å². The van der Waals surface area contributed by atoms with Gasteiger partial charge in [-0.25, -0.2) is 34.0 Å². The van der Waals surface area contributed by atoms with Crippen molar-refractivity contribution in [1.29, 1.82) is 0 Å². The average molecular weight is 552 g/mol. The van der Waals surface area contributed by atoms with Gasteiger partial charge < -0.3 is 4.90 Å². The maximum Gasteiger partial charge on any atom is 0.180 e. The zero-order chi connectivity index (χ0) is 28.1. The number of pyridine rings is 1. The predicted octanol–water partition coefficient (Wildman–Crippen LogP) is 3.61. The molecular formula is C29H30FN11. The molecule has 0 saturated carbocycles. The number of aryl methyl sites for hydroxylation is 2. The fourth-order valence-electron chi connectivity index (χ4n) is 6.03. The second kappa shape index (κ2) is 10.1. The SMILES string of the molecule is Cc1cc(Cc2cc(C)[nH]n2)nc(-c2cnc(N3CC4CC(C3)N4C(C)c3ccc(-n4cc(F)cn4)nc3)cn2)n1. The van der Waals surface area contributed by atoms with E-state index < -0.39 is 0 Å². The standard InChI is InChI=1S/C29H30FN11/c1-17-6-22(8-23-7-18(2)37-38-23)36-29(35-17)26-12-33-28(13-31-26)39-15-24-9-25(16-39)41(24)19(3)20-4-5-27(32-10-20)40-14-21(30)11-34-40/h4-7,10-14,19,24-25H,8-9,15-16H2,1-3H3,(H,37,38). The summed E-state index contributed by atoms with van der Waals surface area (Å²) in [5.41, 5.74) is 5.54. The van der Waals surface area contributed by atoms with Crippen LogP contribution in [0.5, 0.6) is 0 Å². The molecule has 5 aromatic heterocycles. The van der Waals surface area contributed by atoms with Gasteiger partial charge in [0, 0.05) is 55.2 Å². The summed E-state index contributed by atoms with van der Waals surface area (Å²) >= 11 is 0. The van der Waals surface area contributed by atoms with Crippen LogP contribution in [0, 0.1) is 19.7 Å². The molecule has 0 spiro atoms. The highest BCUT2D eigenvalue weighted by Crippen LogP contribution is 2.40. The van der Waals surface area contributed by atoms with Gasteiger partial charge in [-0.1, -0.05) is 6.07 Å². The number of nitrogens with one attached hydrogen (secondary N) is 1. The van der Waals surface area contributed by atoms with Gasteiger partial charge in [0.25, 0.3) is 0 Å². The van der Waals surface area contributed by atoms with Crippen LogP contribution in [0.2, 0.25) is 0 Å². The number of aromatic nitrogens is 9. The number of hydrogen-bond donors (Lipinski definition) is 1. The minimum absolute atomic E-state index is 0.225. The van der Waals surface area contributed by atoms with Gasteiger partial charge >= 0.3 is 0 Å². The van der Waals surface area contributed by atoms with Crippen LogP contribution in [0.4, 0.5) is 10.2 Å². The van der Waals surface area contributed by atoms with Crippen molar-refractivity contribution in [3.05, 3.63) is 89.4 Å². The van der Waals surface area contributed by atoms with Gasteiger partial charge in [-0.15, -0.1) is 0 Å². The van der Waals surface area contributed by atoms with E-state index in [1.54, 1.807) is 6.20 Å². The summed E-state index contributed by atoms with van der Waals surface area (Å²) in [7, 11) is 0. The molecule has 8 heterocycles. The van der Waals surface area contributed by atoms with E-state index in [9.17, 15) is 4.39 Å². The molecule has 3 saturated heterocycles. The Hall–Kier alpha value is -4.58. The second-order valence-electron chi connectivity index (χ2n) is 10.9. The molecule has 8 rings (SSSR count). The molecule has 0 amide bonds. The fraction of sp³-hybridized carbons (Fsp3) is 0.345. The summed E-state index contributed by atoms with van der Waals surface area (Å²) in [6.07, 6.45) is 9.76. The normalized spacial score (nSPS) is 19.3. The Morgan fingerprint density at radius 3 is 2.44 bits per heavy atom. The molecule has 3 unspecified atom stereocenters. The monoisotopic (exact) mass is 551 g/mol. The van der Waals surface area contributed by atoms with Gasteiger partial charge in [0.05, 0.1) is 36.2 Å². The summed E-state index contributed by atoms with van der Waals surface area (Å²) in [6, 6.07) is 9.02. The number of aromatic amines is 1. The van der Waals surface area contributed by atoms with E-state index >= 15 is 0 Å². The smallest absolute Gasteiger partial charge is 0.180 e. The summed E-state index contributed by atoms with van der Waals surface area (Å²) in [6.45, 7) is 7.95. The lowest BCUT2D eigenvalue weighted by Gasteiger charge is -2.58. The van der Waals surface area contributed by atoms with E-state index in [1.165, 1.54) is 23.5 Å². The van der Waals surface area contributed by atoms with Gasteiger partial charge in [-0.2, -0.15) is 10.2 Å². The van der Waals surface area contributed by atoms with E-state index in [-0.39, 0.29) is 11.9 Å². The van der Waals surface area contributed by atoms with Crippen molar-refractivity contribution >= 4 is 5.82 Å². The van der Waals surface area contributed by atoms with Gasteiger partial charge in [0.1, 0.15) is 11.5 Å². The van der Waals surface area contributed by atoms with Crippen LogP contribution in [-0.2, 0) is 6.42 Å². The molecule has 5 aromatic rings. The van der Waals surface area contributed by atoms with Gasteiger partial charge in [-0.3, -0.25) is 10.00 Å². The largest absolute Gasteiger partial charge is 0.352 e. The molecule has 3 atom stereocenters. The first kappa shape index (κ1) is 25.4. The van der Waals surface area contributed by atoms with E-state index in [0.29, 0.717) is 35.8 Å². The summed E-state index contributed by atoms with van der Waals surface area (Å²) in [5, 5.41) is 11.3. The Balaban J connectivity index is 1.01. The minimum atomic E-state index is -0.379. The molecule has 0 aliphatic carbocycles. The quantitative estimate of drug-likeness (QED) is 0.324. The Labute approximate surface area is 236 Å². The lowest BCUT2D eigenvalue weighted by molar-refractivity contribution is -0.0344. The first-order valence-corrected chi connectivity index (χ1v) is 13.8. The lowest BCUT2D eigenvalue weighted by Crippen LogP contribution is -2.69. The molecule has 12 heteroatoms. The number of fused-ring (bicyclic) bond motifs is 2. The molecule has 0 radical (unpaired) electrons. The highest BCUT2D eigenvalue weighted by molar-refractivity contribution is 5.51. The highest BCUT2D eigenvalue weighted by Gasteiger charge is 2.47. The van der Waals surface area contributed by atoms with Gasteiger partial charge in [0.2, 0.25) is 0 Å². The van der Waals surface area contributed by atoms with Gasteiger partial charge in [0.15, 0.2) is 17.5 Å². The lowest BCUT2D eigenvalue weighted by atomic mass is 9.84. The van der Waals surface area contributed by atoms with Crippen molar-refractivity contribution < 1.29 is 4.39 Å². The third kappa shape index (κ3) is 4.95. The first-order chi connectivity index (χ1) is 19.9. The van der Waals surface area contributed by atoms with Crippen LogP contribution in [0.3, 0.4) is 0 Å². The Bertz CT molecular complexity index is 1670. The topological polar surface area (TPSA) is 117 Å². The number of hydrogen-bond acceptors (Lipinski definition) is 9. The summed E-state index contributed by atoms with van der Waals surface area (Å²) in [4.78, 5) is 28.2. The van der Waals surface area contributed by atoms with Gasteiger partial charge in [-0.05, 0) is 51.0 Å². The Kier molecular flexibility index (Phi) is 6.26. The summed E-state index contributed by atoms with van der Waals surface area (Å²) in [5.74, 6) is 1.66. The van der Waals surface area contributed by atoms with Crippen LogP contribution in [-0.4, -0.2) is 75.0 Å². The van der Waals surface area contributed by atoms with Crippen molar-refractivity contribution in [2.75, 3.05) is 18.0 Å². The van der Waals surface area contributed by atoms with Crippen LogP contribution in [0.15, 0.2) is 55.2 Å². The number of nitrogens with zero attached hydrogens (tertiary/aromatic N) is 10. The minimum Gasteiger partial charge on any atom is -0.352 e. The van der Waals surface area contributed by atoms with Crippen molar-refractivity contribution in [3.8, 4) is 17.3 Å².